The Bertz CT molecular complexity index is 899. The van der Waals surface area contributed by atoms with Crippen molar-refractivity contribution in [3.05, 3.63) is 69.2 Å². The van der Waals surface area contributed by atoms with Gasteiger partial charge in [0.05, 0.1) is 21.6 Å². The Morgan fingerprint density at radius 2 is 1.91 bits per heavy atom. The number of aryl methyl sites for hydroxylation is 2. The van der Waals surface area contributed by atoms with Crippen LogP contribution in [0.5, 0.6) is 0 Å². The van der Waals surface area contributed by atoms with Gasteiger partial charge in [-0.1, -0.05) is 42.8 Å². The van der Waals surface area contributed by atoms with Gasteiger partial charge < -0.3 is 0 Å². The van der Waals surface area contributed by atoms with Gasteiger partial charge in [0.1, 0.15) is 5.82 Å². The summed E-state index contributed by atoms with van der Waals surface area (Å²) < 4.78 is 1.70. The van der Waals surface area contributed by atoms with Gasteiger partial charge >= 0.3 is 0 Å². The van der Waals surface area contributed by atoms with Crippen LogP contribution in [-0.4, -0.2) is 9.55 Å². The minimum Gasteiger partial charge on any atom is -0.268 e. The van der Waals surface area contributed by atoms with Gasteiger partial charge in [-0.25, -0.2) is 4.98 Å². The molecule has 2 aromatic carbocycles. The van der Waals surface area contributed by atoms with E-state index in [0.717, 1.165) is 29.9 Å². The summed E-state index contributed by atoms with van der Waals surface area (Å²) in [6.07, 6.45) is 1.66. The van der Waals surface area contributed by atoms with Crippen molar-refractivity contribution in [1.82, 2.24) is 9.55 Å². The monoisotopic (exact) mass is 312 g/mol. The van der Waals surface area contributed by atoms with Crippen LogP contribution >= 0.6 is 11.6 Å². The molecule has 112 valence electrons. The average molecular weight is 313 g/mol. The van der Waals surface area contributed by atoms with E-state index in [9.17, 15) is 4.79 Å². The molecule has 0 bridgehead atoms. The van der Waals surface area contributed by atoms with Crippen LogP contribution in [0.25, 0.3) is 16.6 Å². The Kier molecular flexibility index (Phi) is 3.99. The minimum absolute atomic E-state index is 0.103. The second-order valence-electron chi connectivity index (χ2n) is 5.34. The number of fused-ring (bicyclic) bond motifs is 1. The lowest BCUT2D eigenvalue weighted by molar-refractivity contribution is 0.772. The van der Waals surface area contributed by atoms with Gasteiger partial charge in [0.2, 0.25) is 0 Å². The van der Waals surface area contributed by atoms with Crippen LogP contribution in [0.1, 0.15) is 24.7 Å². The number of aromatic nitrogens is 2. The van der Waals surface area contributed by atoms with Crippen molar-refractivity contribution >= 4 is 22.5 Å². The van der Waals surface area contributed by atoms with Crippen molar-refractivity contribution in [2.75, 3.05) is 0 Å². The highest BCUT2D eigenvalue weighted by Crippen LogP contribution is 2.21. The summed E-state index contributed by atoms with van der Waals surface area (Å²) >= 11 is 6.24. The summed E-state index contributed by atoms with van der Waals surface area (Å²) in [5.41, 5.74) is 2.46. The van der Waals surface area contributed by atoms with E-state index in [1.807, 2.05) is 43.3 Å². The number of para-hydroxylation sites is 1. The molecule has 0 N–H and O–H groups in total. The average Bonchev–Trinajstić information content (AvgIpc) is 2.49. The van der Waals surface area contributed by atoms with E-state index in [4.69, 9.17) is 11.6 Å². The van der Waals surface area contributed by atoms with Crippen LogP contribution in [0, 0.1) is 6.92 Å². The Labute approximate surface area is 134 Å². The maximum absolute atomic E-state index is 13.0. The third kappa shape index (κ3) is 2.42. The maximum atomic E-state index is 13.0. The fraction of sp³-hybridized carbons (Fsp3) is 0.222. The van der Waals surface area contributed by atoms with Gasteiger partial charge in [-0.3, -0.25) is 9.36 Å². The molecule has 3 aromatic rings. The zero-order valence-corrected chi connectivity index (χ0v) is 13.4. The highest BCUT2D eigenvalue weighted by molar-refractivity contribution is 6.35. The Morgan fingerprint density at radius 3 is 2.64 bits per heavy atom. The highest BCUT2D eigenvalue weighted by atomic mass is 35.5. The molecule has 3 rings (SSSR count). The van der Waals surface area contributed by atoms with Crippen molar-refractivity contribution in [1.29, 1.82) is 0 Å². The van der Waals surface area contributed by atoms with Crippen molar-refractivity contribution in [3.8, 4) is 5.69 Å². The number of rotatable bonds is 3. The largest absolute Gasteiger partial charge is 0.268 e. The first-order valence-electron chi connectivity index (χ1n) is 7.39. The molecule has 0 spiro atoms. The molecule has 1 aromatic heterocycles. The smallest absolute Gasteiger partial charge is 0.267 e. The number of nitrogens with zero attached hydrogens (tertiary/aromatic N) is 2. The minimum atomic E-state index is -0.103. The number of hydrogen-bond acceptors (Lipinski definition) is 2. The zero-order valence-electron chi connectivity index (χ0n) is 12.6. The van der Waals surface area contributed by atoms with Gasteiger partial charge in [-0.15, -0.1) is 0 Å². The molecule has 0 saturated carbocycles. The third-order valence-electron chi connectivity index (χ3n) is 3.75. The molecule has 1 heterocycles. The second kappa shape index (κ2) is 5.93. The fourth-order valence-corrected chi connectivity index (χ4v) is 2.94. The summed E-state index contributed by atoms with van der Waals surface area (Å²) in [5, 5.41) is 0.924. The first-order chi connectivity index (χ1) is 10.6. The SMILES string of the molecule is CCCc1nc2cccc(Cl)c2c(=O)n1-c1ccccc1C. The Balaban J connectivity index is 2.44. The molecule has 0 atom stereocenters. The predicted octanol–water partition coefficient (Wildman–Crippen LogP) is 4.30. The van der Waals surface area contributed by atoms with E-state index in [1.165, 1.54) is 0 Å². The first-order valence-corrected chi connectivity index (χ1v) is 7.77. The third-order valence-corrected chi connectivity index (χ3v) is 4.06. The molecule has 0 fully saturated rings. The molecule has 3 nitrogen and oxygen atoms in total. The number of benzene rings is 2. The molecule has 22 heavy (non-hydrogen) atoms. The van der Waals surface area contributed by atoms with E-state index in [2.05, 4.69) is 11.9 Å². The molecule has 0 aliphatic heterocycles. The molecule has 0 aliphatic carbocycles. The second-order valence-corrected chi connectivity index (χ2v) is 5.75. The molecule has 0 amide bonds. The van der Waals surface area contributed by atoms with Gasteiger partial charge in [0.25, 0.3) is 5.56 Å². The summed E-state index contributed by atoms with van der Waals surface area (Å²) in [4.78, 5) is 17.7. The van der Waals surface area contributed by atoms with Crippen LogP contribution in [0.3, 0.4) is 0 Å². The maximum Gasteiger partial charge on any atom is 0.267 e. The lowest BCUT2D eigenvalue weighted by atomic mass is 10.1. The molecule has 0 saturated heterocycles. The summed E-state index contributed by atoms with van der Waals surface area (Å²) in [6, 6.07) is 13.2. The molecule has 0 radical (unpaired) electrons. The summed E-state index contributed by atoms with van der Waals surface area (Å²) in [7, 11) is 0. The van der Waals surface area contributed by atoms with Crippen molar-refractivity contribution < 1.29 is 0 Å². The van der Waals surface area contributed by atoms with E-state index >= 15 is 0 Å². The number of hydrogen-bond donors (Lipinski definition) is 0. The topological polar surface area (TPSA) is 34.9 Å². The molecule has 4 heteroatoms. The number of halogens is 1. The van der Waals surface area contributed by atoms with Gasteiger partial charge in [-0.05, 0) is 37.1 Å². The van der Waals surface area contributed by atoms with Gasteiger partial charge in [0.15, 0.2) is 0 Å². The summed E-state index contributed by atoms with van der Waals surface area (Å²) in [5.74, 6) is 0.775. The van der Waals surface area contributed by atoms with Crippen molar-refractivity contribution in [2.24, 2.45) is 0 Å². The normalized spacial score (nSPS) is 11.0. The van der Waals surface area contributed by atoms with Gasteiger partial charge in [0, 0.05) is 6.42 Å². The molecular formula is C18H17ClN2O. The highest BCUT2D eigenvalue weighted by Gasteiger charge is 2.15. The predicted molar refractivity (Wildman–Crippen MR) is 91.1 cm³/mol. The zero-order chi connectivity index (χ0) is 15.7. The van der Waals surface area contributed by atoms with Gasteiger partial charge in [-0.2, -0.15) is 0 Å². The lowest BCUT2D eigenvalue weighted by Crippen LogP contribution is -2.24. The summed E-state index contributed by atoms with van der Waals surface area (Å²) in [6.45, 7) is 4.07. The van der Waals surface area contributed by atoms with Crippen molar-refractivity contribution in [3.63, 3.8) is 0 Å². The van der Waals surface area contributed by atoms with Crippen LogP contribution in [0.4, 0.5) is 0 Å². The quantitative estimate of drug-likeness (QED) is 0.722. The molecular weight excluding hydrogens is 296 g/mol. The lowest BCUT2D eigenvalue weighted by Gasteiger charge is -2.15. The van der Waals surface area contributed by atoms with E-state index in [1.54, 1.807) is 10.6 Å². The Morgan fingerprint density at radius 1 is 1.14 bits per heavy atom. The van der Waals surface area contributed by atoms with Crippen LogP contribution in [0.2, 0.25) is 5.02 Å². The van der Waals surface area contributed by atoms with Crippen LogP contribution < -0.4 is 5.56 Å². The van der Waals surface area contributed by atoms with Crippen LogP contribution in [0.15, 0.2) is 47.3 Å². The van der Waals surface area contributed by atoms with E-state index in [0.29, 0.717) is 15.9 Å². The fourth-order valence-electron chi connectivity index (χ4n) is 2.69. The van der Waals surface area contributed by atoms with Crippen molar-refractivity contribution in [2.45, 2.75) is 26.7 Å². The van der Waals surface area contributed by atoms with E-state index < -0.39 is 0 Å². The standard InChI is InChI=1S/C18H17ClN2O/c1-3-7-16-20-14-10-6-9-13(19)17(14)18(22)21(16)15-11-5-4-8-12(15)2/h4-6,8-11H,3,7H2,1-2H3. The van der Waals surface area contributed by atoms with Crippen LogP contribution in [-0.2, 0) is 6.42 Å². The molecule has 0 unspecified atom stereocenters. The first kappa shape index (κ1) is 14.8. The Hall–Kier alpha value is -2.13. The molecule has 0 aliphatic rings. The van der Waals surface area contributed by atoms with E-state index in [-0.39, 0.29) is 5.56 Å².